The van der Waals surface area contributed by atoms with Crippen molar-refractivity contribution in [2.75, 3.05) is 5.75 Å². The Morgan fingerprint density at radius 2 is 1.96 bits per heavy atom. The van der Waals surface area contributed by atoms with Crippen LogP contribution in [0.4, 0.5) is 4.39 Å². The van der Waals surface area contributed by atoms with Crippen molar-refractivity contribution >= 4 is 17.7 Å². The summed E-state index contributed by atoms with van der Waals surface area (Å²) in [4.78, 5) is 12.5. The van der Waals surface area contributed by atoms with Gasteiger partial charge in [-0.15, -0.1) is 10.2 Å². The third kappa shape index (κ3) is 4.98. The molecule has 7 heteroatoms. The van der Waals surface area contributed by atoms with E-state index in [1.54, 1.807) is 30.0 Å². The molecule has 0 spiro atoms. The molecular weight excluding hydrogens is 375 g/mol. The number of hydrogen-bond acceptors (Lipinski definition) is 4. The van der Waals surface area contributed by atoms with Gasteiger partial charge < -0.3 is 5.32 Å². The number of benzene rings is 2. The lowest BCUT2D eigenvalue weighted by atomic mass is 10.1. The quantitative estimate of drug-likeness (QED) is 0.447. The van der Waals surface area contributed by atoms with Gasteiger partial charge in [-0.2, -0.15) is 0 Å². The Morgan fingerprint density at radius 3 is 2.68 bits per heavy atom. The molecular formula is C21H23FN4OS. The van der Waals surface area contributed by atoms with Gasteiger partial charge in [0.1, 0.15) is 5.82 Å². The highest BCUT2D eigenvalue weighted by Crippen LogP contribution is 2.23. The second kappa shape index (κ2) is 9.50. The summed E-state index contributed by atoms with van der Waals surface area (Å²) in [6.07, 6.45) is 2.16. The first-order chi connectivity index (χ1) is 13.6. The standard InChI is InChI=1S/C21H23FN4OS/c1-3-4-12-28-21-25-24-19(26(21)18-10-8-17(22)9-11-18)14-23-20(27)16-7-5-6-15(2)13-16/h5-11,13H,3-4,12,14H2,1-2H3,(H,23,27). The smallest absolute Gasteiger partial charge is 0.251 e. The normalized spacial score (nSPS) is 10.8. The molecule has 0 aliphatic carbocycles. The Kier molecular flexibility index (Phi) is 6.81. The third-order valence-corrected chi connectivity index (χ3v) is 5.22. The first kappa shape index (κ1) is 20.1. The highest BCUT2D eigenvalue weighted by Gasteiger charge is 2.16. The van der Waals surface area contributed by atoms with Crippen LogP contribution in [0.2, 0.25) is 0 Å². The fourth-order valence-electron chi connectivity index (χ4n) is 2.71. The van der Waals surface area contributed by atoms with E-state index in [9.17, 15) is 9.18 Å². The number of thioether (sulfide) groups is 1. The SMILES string of the molecule is CCCCSc1nnc(CNC(=O)c2cccc(C)c2)n1-c1ccc(F)cc1. The van der Waals surface area contributed by atoms with Crippen molar-refractivity contribution in [3.8, 4) is 5.69 Å². The first-order valence-electron chi connectivity index (χ1n) is 9.26. The minimum absolute atomic E-state index is 0.169. The molecule has 0 atom stereocenters. The Hall–Kier alpha value is -2.67. The topological polar surface area (TPSA) is 59.8 Å². The fourth-order valence-corrected chi connectivity index (χ4v) is 3.77. The van der Waals surface area contributed by atoms with Crippen LogP contribution in [-0.4, -0.2) is 26.4 Å². The van der Waals surface area contributed by atoms with E-state index in [2.05, 4.69) is 22.4 Å². The number of nitrogens with one attached hydrogen (secondary N) is 1. The fraction of sp³-hybridized carbons (Fsp3) is 0.286. The third-order valence-electron chi connectivity index (χ3n) is 4.20. The molecule has 0 radical (unpaired) electrons. The van der Waals surface area contributed by atoms with Crippen molar-refractivity contribution in [3.05, 3.63) is 71.3 Å². The minimum Gasteiger partial charge on any atom is -0.345 e. The molecule has 2 aromatic carbocycles. The van der Waals surface area contributed by atoms with E-state index in [4.69, 9.17) is 0 Å². The lowest BCUT2D eigenvalue weighted by Crippen LogP contribution is -2.24. The number of hydrogen-bond donors (Lipinski definition) is 1. The summed E-state index contributed by atoms with van der Waals surface area (Å²) in [5.74, 6) is 1.06. The van der Waals surface area contributed by atoms with Crippen LogP contribution in [0.3, 0.4) is 0 Å². The molecule has 1 N–H and O–H groups in total. The van der Waals surface area contributed by atoms with Crippen LogP contribution in [0.25, 0.3) is 5.69 Å². The molecule has 1 amide bonds. The summed E-state index contributed by atoms with van der Waals surface area (Å²) < 4.78 is 15.2. The zero-order valence-electron chi connectivity index (χ0n) is 16.0. The van der Waals surface area contributed by atoms with Crippen molar-refractivity contribution in [2.45, 2.75) is 38.4 Å². The number of unbranched alkanes of at least 4 members (excludes halogenated alkanes) is 1. The zero-order valence-corrected chi connectivity index (χ0v) is 16.8. The van der Waals surface area contributed by atoms with Crippen LogP contribution in [0, 0.1) is 12.7 Å². The number of halogens is 1. The van der Waals surface area contributed by atoms with Gasteiger partial charge in [-0.05, 0) is 49.7 Å². The highest BCUT2D eigenvalue weighted by molar-refractivity contribution is 7.99. The van der Waals surface area contributed by atoms with Gasteiger partial charge in [0.05, 0.1) is 6.54 Å². The van der Waals surface area contributed by atoms with Crippen LogP contribution < -0.4 is 5.32 Å². The summed E-state index contributed by atoms with van der Waals surface area (Å²) in [5, 5.41) is 12.2. The molecule has 0 aliphatic rings. The minimum atomic E-state index is -0.300. The summed E-state index contributed by atoms with van der Waals surface area (Å²) in [7, 11) is 0. The van der Waals surface area contributed by atoms with Crippen molar-refractivity contribution < 1.29 is 9.18 Å². The molecule has 3 rings (SSSR count). The maximum absolute atomic E-state index is 13.3. The number of aromatic nitrogens is 3. The average Bonchev–Trinajstić information content (AvgIpc) is 3.10. The Balaban J connectivity index is 1.81. The van der Waals surface area contributed by atoms with Gasteiger partial charge in [0.15, 0.2) is 11.0 Å². The van der Waals surface area contributed by atoms with Crippen molar-refractivity contribution in [3.63, 3.8) is 0 Å². The summed E-state index contributed by atoms with van der Waals surface area (Å²) >= 11 is 1.61. The largest absolute Gasteiger partial charge is 0.345 e. The molecule has 3 aromatic rings. The molecule has 5 nitrogen and oxygen atoms in total. The molecule has 0 saturated heterocycles. The number of aryl methyl sites for hydroxylation is 1. The lowest BCUT2D eigenvalue weighted by molar-refractivity contribution is 0.0949. The van der Waals surface area contributed by atoms with Gasteiger partial charge in [0.2, 0.25) is 0 Å². The number of rotatable bonds is 8. The molecule has 1 heterocycles. The predicted molar refractivity (Wildman–Crippen MR) is 109 cm³/mol. The second-order valence-electron chi connectivity index (χ2n) is 6.46. The zero-order chi connectivity index (χ0) is 19.9. The van der Waals surface area contributed by atoms with E-state index < -0.39 is 0 Å². The Bertz CT molecular complexity index is 940. The van der Waals surface area contributed by atoms with Gasteiger partial charge in [-0.1, -0.05) is 42.8 Å². The van der Waals surface area contributed by atoms with E-state index in [1.807, 2.05) is 29.7 Å². The van der Waals surface area contributed by atoms with Crippen molar-refractivity contribution in [1.29, 1.82) is 0 Å². The van der Waals surface area contributed by atoms with Gasteiger partial charge in [-0.3, -0.25) is 9.36 Å². The molecule has 1 aromatic heterocycles. The van der Waals surface area contributed by atoms with E-state index in [1.165, 1.54) is 12.1 Å². The van der Waals surface area contributed by atoms with E-state index in [0.717, 1.165) is 35.0 Å². The molecule has 0 saturated carbocycles. The average molecular weight is 399 g/mol. The molecule has 28 heavy (non-hydrogen) atoms. The lowest BCUT2D eigenvalue weighted by Gasteiger charge is -2.11. The second-order valence-corrected chi connectivity index (χ2v) is 7.53. The van der Waals surface area contributed by atoms with Crippen LogP contribution in [0.5, 0.6) is 0 Å². The summed E-state index contributed by atoms with van der Waals surface area (Å²) in [5.41, 5.74) is 2.40. The summed E-state index contributed by atoms with van der Waals surface area (Å²) in [6, 6.07) is 13.6. The van der Waals surface area contributed by atoms with Gasteiger partial charge >= 0.3 is 0 Å². The molecule has 0 aliphatic heterocycles. The molecule has 146 valence electrons. The van der Waals surface area contributed by atoms with E-state index in [0.29, 0.717) is 11.4 Å². The Morgan fingerprint density at radius 1 is 1.18 bits per heavy atom. The van der Waals surface area contributed by atoms with Crippen molar-refractivity contribution in [2.24, 2.45) is 0 Å². The maximum atomic E-state index is 13.3. The maximum Gasteiger partial charge on any atom is 0.251 e. The highest BCUT2D eigenvalue weighted by atomic mass is 32.2. The first-order valence-corrected chi connectivity index (χ1v) is 10.2. The number of amides is 1. The monoisotopic (exact) mass is 398 g/mol. The number of carbonyl (C=O) groups excluding carboxylic acids is 1. The molecule has 0 unspecified atom stereocenters. The van der Waals surface area contributed by atoms with Crippen LogP contribution in [0.15, 0.2) is 53.7 Å². The molecule has 0 fully saturated rings. The van der Waals surface area contributed by atoms with Crippen LogP contribution >= 0.6 is 11.8 Å². The Labute approximate surface area is 168 Å². The van der Waals surface area contributed by atoms with E-state index in [-0.39, 0.29) is 18.3 Å². The van der Waals surface area contributed by atoms with Gasteiger partial charge in [0, 0.05) is 17.0 Å². The number of carbonyl (C=O) groups is 1. The van der Waals surface area contributed by atoms with Gasteiger partial charge in [-0.25, -0.2) is 4.39 Å². The van der Waals surface area contributed by atoms with E-state index >= 15 is 0 Å². The number of nitrogens with zero attached hydrogens (tertiary/aromatic N) is 3. The van der Waals surface area contributed by atoms with Crippen LogP contribution in [-0.2, 0) is 6.54 Å². The summed E-state index contributed by atoms with van der Waals surface area (Å²) in [6.45, 7) is 4.31. The van der Waals surface area contributed by atoms with Crippen molar-refractivity contribution in [1.82, 2.24) is 20.1 Å². The van der Waals surface area contributed by atoms with Crippen LogP contribution in [0.1, 0.15) is 41.5 Å². The molecule has 0 bridgehead atoms. The van der Waals surface area contributed by atoms with Gasteiger partial charge in [0.25, 0.3) is 5.91 Å². The predicted octanol–water partition coefficient (Wildman–Crippen LogP) is 4.54.